The van der Waals surface area contributed by atoms with Crippen molar-refractivity contribution in [3.8, 4) is 0 Å². The third-order valence-corrected chi connectivity index (χ3v) is 5.31. The lowest BCUT2D eigenvalue weighted by Gasteiger charge is -2.28. The number of halogens is 1. The molecule has 0 saturated carbocycles. The largest absolute Gasteiger partial charge is 0.350 e. The minimum Gasteiger partial charge on any atom is -0.350 e. The molecule has 2 aromatic rings. The van der Waals surface area contributed by atoms with E-state index in [1.54, 1.807) is 24.3 Å². The van der Waals surface area contributed by atoms with E-state index in [4.69, 9.17) is 11.6 Å². The van der Waals surface area contributed by atoms with Crippen molar-refractivity contribution < 1.29 is 9.59 Å². The van der Waals surface area contributed by atoms with Gasteiger partial charge in [-0.2, -0.15) is 0 Å². The lowest BCUT2D eigenvalue weighted by molar-refractivity contribution is 0.0938. The van der Waals surface area contributed by atoms with Crippen LogP contribution in [0.5, 0.6) is 0 Å². The van der Waals surface area contributed by atoms with Crippen LogP contribution in [0.2, 0.25) is 5.02 Å². The van der Waals surface area contributed by atoms with Crippen molar-refractivity contribution in [1.29, 1.82) is 0 Å². The fourth-order valence-electron chi connectivity index (χ4n) is 3.68. The number of hydrogen-bond acceptors (Lipinski definition) is 3. The molecular formula is C23H29ClN4O2. The highest BCUT2D eigenvalue weighted by atomic mass is 35.5. The molecule has 1 saturated heterocycles. The standard InChI is InChI=1S/C23H29ClN4O2/c1-16(2)26-23(30)27-20-10-6-8-18(14-20)22(29)25-15-21(28-11-3-4-12-28)17-7-5-9-19(24)13-17/h5-10,13-14,16,21H,3-4,11-12,15H2,1-2H3,(H,25,29)(H2,26,27,30). The molecule has 0 aromatic heterocycles. The second kappa shape index (κ2) is 10.5. The number of amides is 3. The Kier molecular flexibility index (Phi) is 7.71. The summed E-state index contributed by atoms with van der Waals surface area (Å²) in [5.41, 5.74) is 2.18. The summed E-state index contributed by atoms with van der Waals surface area (Å²) in [4.78, 5) is 27.1. The van der Waals surface area contributed by atoms with E-state index in [0.717, 1.165) is 31.5 Å². The van der Waals surface area contributed by atoms with Crippen LogP contribution in [0.15, 0.2) is 48.5 Å². The zero-order valence-electron chi connectivity index (χ0n) is 17.5. The molecule has 3 N–H and O–H groups in total. The number of anilines is 1. The number of nitrogens with one attached hydrogen (secondary N) is 3. The molecule has 160 valence electrons. The van der Waals surface area contributed by atoms with Gasteiger partial charge in [0.1, 0.15) is 0 Å². The van der Waals surface area contributed by atoms with E-state index >= 15 is 0 Å². The topological polar surface area (TPSA) is 73.5 Å². The number of urea groups is 1. The van der Waals surface area contributed by atoms with Gasteiger partial charge in [-0.25, -0.2) is 4.79 Å². The van der Waals surface area contributed by atoms with Crippen LogP contribution in [0.25, 0.3) is 0 Å². The van der Waals surface area contributed by atoms with Crippen LogP contribution in [-0.4, -0.2) is 42.5 Å². The van der Waals surface area contributed by atoms with Crippen molar-refractivity contribution in [1.82, 2.24) is 15.5 Å². The molecule has 2 aromatic carbocycles. The lowest BCUT2D eigenvalue weighted by Crippen LogP contribution is -2.37. The second-order valence-electron chi connectivity index (χ2n) is 7.86. The van der Waals surface area contributed by atoms with Gasteiger partial charge >= 0.3 is 6.03 Å². The summed E-state index contributed by atoms with van der Waals surface area (Å²) in [7, 11) is 0. The molecule has 1 atom stereocenters. The summed E-state index contributed by atoms with van der Waals surface area (Å²) in [6, 6.07) is 14.6. The normalized spacial score (nSPS) is 15.1. The average molecular weight is 429 g/mol. The Morgan fingerprint density at radius 1 is 1.07 bits per heavy atom. The summed E-state index contributed by atoms with van der Waals surface area (Å²) in [5.74, 6) is -0.172. The van der Waals surface area contributed by atoms with Gasteiger partial charge in [-0.15, -0.1) is 0 Å². The minimum atomic E-state index is -0.294. The summed E-state index contributed by atoms with van der Waals surface area (Å²) < 4.78 is 0. The van der Waals surface area contributed by atoms with Crippen molar-refractivity contribution in [2.24, 2.45) is 0 Å². The van der Waals surface area contributed by atoms with E-state index in [9.17, 15) is 9.59 Å². The first-order valence-corrected chi connectivity index (χ1v) is 10.8. The van der Waals surface area contributed by atoms with Crippen molar-refractivity contribution in [3.63, 3.8) is 0 Å². The maximum atomic E-state index is 12.8. The van der Waals surface area contributed by atoms with Crippen molar-refractivity contribution >= 4 is 29.2 Å². The predicted octanol–water partition coefficient (Wildman–Crippen LogP) is 4.44. The van der Waals surface area contributed by atoms with Gasteiger partial charge in [0, 0.05) is 28.9 Å². The Morgan fingerprint density at radius 2 is 1.80 bits per heavy atom. The maximum absolute atomic E-state index is 12.8. The Labute approximate surface area is 183 Å². The molecule has 1 aliphatic heterocycles. The van der Waals surface area contributed by atoms with E-state index in [-0.39, 0.29) is 24.0 Å². The zero-order chi connectivity index (χ0) is 21.5. The molecule has 0 radical (unpaired) electrons. The van der Waals surface area contributed by atoms with Crippen LogP contribution in [0.1, 0.15) is 48.7 Å². The summed E-state index contributed by atoms with van der Waals surface area (Å²) >= 11 is 6.20. The first kappa shape index (κ1) is 22.1. The molecule has 1 fully saturated rings. The molecule has 1 unspecified atom stereocenters. The van der Waals surface area contributed by atoms with Crippen molar-refractivity contribution in [2.45, 2.75) is 38.8 Å². The highest BCUT2D eigenvalue weighted by Crippen LogP contribution is 2.26. The van der Waals surface area contributed by atoms with Gasteiger partial charge in [0.2, 0.25) is 0 Å². The molecule has 0 spiro atoms. The van der Waals surface area contributed by atoms with E-state index in [0.29, 0.717) is 22.8 Å². The first-order valence-electron chi connectivity index (χ1n) is 10.4. The Hall–Kier alpha value is -2.57. The number of carbonyl (C=O) groups excluding carboxylic acids is 2. The second-order valence-corrected chi connectivity index (χ2v) is 8.29. The Balaban J connectivity index is 1.66. The minimum absolute atomic E-state index is 0.0329. The van der Waals surface area contributed by atoms with Gasteiger partial charge in [-0.1, -0.05) is 29.8 Å². The molecule has 0 aliphatic carbocycles. The van der Waals surface area contributed by atoms with Crippen molar-refractivity contribution in [3.05, 3.63) is 64.7 Å². The third-order valence-electron chi connectivity index (χ3n) is 5.07. The van der Waals surface area contributed by atoms with E-state index < -0.39 is 0 Å². The number of rotatable bonds is 7. The van der Waals surface area contributed by atoms with Gasteiger partial charge in [-0.05, 0) is 75.7 Å². The smallest absolute Gasteiger partial charge is 0.319 e. The number of benzene rings is 2. The van der Waals surface area contributed by atoms with Gasteiger partial charge in [0.25, 0.3) is 5.91 Å². The highest BCUT2D eigenvalue weighted by molar-refractivity contribution is 6.30. The van der Waals surface area contributed by atoms with Crippen LogP contribution in [-0.2, 0) is 0 Å². The van der Waals surface area contributed by atoms with Gasteiger partial charge in [-0.3, -0.25) is 9.69 Å². The van der Waals surface area contributed by atoms with E-state index in [2.05, 4.69) is 26.9 Å². The first-order chi connectivity index (χ1) is 14.4. The van der Waals surface area contributed by atoms with Crippen LogP contribution in [0, 0.1) is 0 Å². The fourth-order valence-corrected chi connectivity index (χ4v) is 3.88. The molecular weight excluding hydrogens is 400 g/mol. The monoisotopic (exact) mass is 428 g/mol. The molecule has 3 rings (SSSR count). The molecule has 1 aliphatic rings. The van der Waals surface area contributed by atoms with Crippen LogP contribution < -0.4 is 16.0 Å². The third kappa shape index (κ3) is 6.21. The van der Waals surface area contributed by atoms with Crippen molar-refractivity contribution in [2.75, 3.05) is 25.0 Å². The molecule has 7 heteroatoms. The average Bonchev–Trinajstić information content (AvgIpc) is 3.22. The molecule has 6 nitrogen and oxygen atoms in total. The molecule has 30 heavy (non-hydrogen) atoms. The lowest BCUT2D eigenvalue weighted by atomic mass is 10.1. The summed E-state index contributed by atoms with van der Waals surface area (Å²) in [6.07, 6.45) is 2.33. The maximum Gasteiger partial charge on any atom is 0.319 e. The molecule has 1 heterocycles. The SMILES string of the molecule is CC(C)NC(=O)Nc1cccc(C(=O)NCC(c2cccc(Cl)c2)N2CCCC2)c1. The zero-order valence-corrected chi connectivity index (χ0v) is 18.2. The van der Waals surface area contributed by atoms with Crippen LogP contribution >= 0.6 is 11.6 Å². The fraction of sp³-hybridized carbons (Fsp3) is 0.391. The summed E-state index contributed by atoms with van der Waals surface area (Å²) in [6.45, 7) is 6.29. The highest BCUT2D eigenvalue weighted by Gasteiger charge is 2.24. The molecule has 3 amide bonds. The van der Waals surface area contributed by atoms with E-state index in [1.807, 2.05) is 32.0 Å². The van der Waals surface area contributed by atoms with Crippen LogP contribution in [0.4, 0.5) is 10.5 Å². The summed E-state index contributed by atoms with van der Waals surface area (Å²) in [5, 5.41) is 9.27. The van der Waals surface area contributed by atoms with Gasteiger partial charge in [0.05, 0.1) is 6.04 Å². The predicted molar refractivity (Wildman–Crippen MR) is 121 cm³/mol. The number of carbonyl (C=O) groups is 2. The number of likely N-dealkylation sites (tertiary alicyclic amines) is 1. The number of nitrogens with zero attached hydrogens (tertiary/aromatic N) is 1. The van der Waals surface area contributed by atoms with Gasteiger partial charge < -0.3 is 16.0 Å². The van der Waals surface area contributed by atoms with Gasteiger partial charge in [0.15, 0.2) is 0 Å². The molecule has 0 bridgehead atoms. The quantitative estimate of drug-likeness (QED) is 0.610. The number of hydrogen-bond donors (Lipinski definition) is 3. The van der Waals surface area contributed by atoms with Crippen LogP contribution in [0.3, 0.4) is 0 Å². The Bertz CT molecular complexity index is 881. The Morgan fingerprint density at radius 3 is 2.50 bits per heavy atom. The van der Waals surface area contributed by atoms with E-state index in [1.165, 1.54) is 0 Å².